The number of ketones is 1. The molecule has 360 valence electrons. The third-order valence-corrected chi connectivity index (χ3v) is 11.9. The van der Waals surface area contributed by atoms with Crippen LogP contribution >= 0.6 is 0 Å². The molecule has 1 saturated carbocycles. The van der Waals surface area contributed by atoms with Gasteiger partial charge in [0.25, 0.3) is 0 Å². The third-order valence-electron chi connectivity index (χ3n) is 11.9. The summed E-state index contributed by atoms with van der Waals surface area (Å²) in [6.45, 7) is 3.87. The summed E-state index contributed by atoms with van der Waals surface area (Å²) < 4.78 is 0. The fourth-order valence-electron chi connectivity index (χ4n) is 7.73. The molecule has 0 radical (unpaired) electrons. The maximum atomic E-state index is 13.0. The number of unbranched alkanes of at least 4 members (excludes halogenated alkanes) is 15. The first-order chi connectivity index (χ1) is 30.0. The van der Waals surface area contributed by atoms with Crippen molar-refractivity contribution in [2.75, 3.05) is 6.54 Å². The van der Waals surface area contributed by atoms with E-state index < -0.39 is 78.5 Å². The number of hydrogen-bond donors (Lipinski definition) is 8. The zero-order valence-corrected chi connectivity index (χ0v) is 37.9. The van der Waals surface area contributed by atoms with Gasteiger partial charge in [0.1, 0.15) is 23.9 Å². The van der Waals surface area contributed by atoms with Gasteiger partial charge in [0, 0.05) is 50.5 Å². The molecule has 0 aliphatic heterocycles. The Balaban J connectivity index is 2.23. The predicted octanol–water partition coefficient (Wildman–Crippen LogP) is 6.29. The molecule has 3 atom stereocenters. The van der Waals surface area contributed by atoms with E-state index in [1.54, 1.807) is 13.8 Å². The maximum Gasteiger partial charge on any atom is 0.326 e. The number of carbonyl (C=O) groups is 9. The van der Waals surface area contributed by atoms with Gasteiger partial charge in [0.15, 0.2) is 0 Å². The standard InChI is InChI=1S/C46H78N4O13/c1-32(2)38(51)28-25-35(44(58)59)48-40(53)29-26-36(45(60)61)49-41(54)30-27-37(46(62)63)50-43(57)34-23-21-33(22-24-34)31-47-39(52)19-17-15-13-11-9-7-5-3-4-6-8-10-12-14-16-18-20-42(55)56/h32-37H,3-31H2,1-2H3,(H,47,52)(H,48,53)(H,49,54)(H,50,57)(H,55,56)(H,58,59)(H,60,61)(H,62,63)/t33?,34?,35?,36-,37?/m0/s1. The van der Waals surface area contributed by atoms with Crippen molar-refractivity contribution in [2.24, 2.45) is 17.8 Å². The predicted molar refractivity (Wildman–Crippen MR) is 235 cm³/mol. The minimum atomic E-state index is -1.52. The van der Waals surface area contributed by atoms with Crippen molar-refractivity contribution in [3.05, 3.63) is 0 Å². The molecule has 2 unspecified atom stereocenters. The Morgan fingerprint density at radius 2 is 0.810 bits per heavy atom. The molecule has 0 saturated heterocycles. The summed E-state index contributed by atoms with van der Waals surface area (Å²) >= 11 is 0. The van der Waals surface area contributed by atoms with E-state index in [0.29, 0.717) is 38.6 Å². The van der Waals surface area contributed by atoms with E-state index in [-0.39, 0.29) is 55.6 Å². The van der Waals surface area contributed by atoms with Crippen molar-refractivity contribution in [3.63, 3.8) is 0 Å². The van der Waals surface area contributed by atoms with Crippen molar-refractivity contribution in [2.45, 2.75) is 212 Å². The van der Waals surface area contributed by atoms with Crippen molar-refractivity contribution in [3.8, 4) is 0 Å². The number of Topliss-reactive ketones (excluding diaryl/α,β-unsaturated/α-hetero) is 1. The van der Waals surface area contributed by atoms with Gasteiger partial charge in [-0.25, -0.2) is 14.4 Å². The minimum absolute atomic E-state index is 0.0259. The molecule has 0 spiro atoms. The largest absolute Gasteiger partial charge is 0.481 e. The Hall–Kier alpha value is -4.57. The monoisotopic (exact) mass is 895 g/mol. The third kappa shape index (κ3) is 28.7. The normalized spacial score (nSPS) is 16.3. The highest BCUT2D eigenvalue weighted by molar-refractivity contribution is 5.88. The van der Waals surface area contributed by atoms with Crippen LogP contribution in [0.2, 0.25) is 0 Å². The molecule has 1 aliphatic carbocycles. The summed E-state index contributed by atoms with van der Waals surface area (Å²) in [6, 6.07) is -4.26. The van der Waals surface area contributed by atoms with E-state index in [4.69, 9.17) is 5.11 Å². The highest BCUT2D eigenvalue weighted by atomic mass is 16.4. The summed E-state index contributed by atoms with van der Waals surface area (Å²) in [6.07, 6.45) is 19.9. The molecule has 8 N–H and O–H groups in total. The maximum absolute atomic E-state index is 13.0. The van der Waals surface area contributed by atoms with Crippen LogP contribution in [0, 0.1) is 17.8 Å². The minimum Gasteiger partial charge on any atom is -0.481 e. The lowest BCUT2D eigenvalue weighted by molar-refractivity contribution is -0.144. The SMILES string of the molecule is CC(C)C(=O)CCC(NC(=O)CC[C@H](NC(=O)CCC(NC(=O)C1CCC(CNC(=O)CCCCCCCCCCCCCCCCCCC(=O)O)CC1)C(=O)O)C(=O)O)C(=O)O. The fourth-order valence-corrected chi connectivity index (χ4v) is 7.73. The fraction of sp³-hybridized carbons (Fsp3) is 0.804. The second-order valence-corrected chi connectivity index (χ2v) is 17.6. The second-order valence-electron chi connectivity index (χ2n) is 17.6. The van der Waals surface area contributed by atoms with E-state index in [0.717, 1.165) is 38.5 Å². The van der Waals surface area contributed by atoms with E-state index in [1.807, 2.05) is 0 Å². The molecule has 0 aromatic carbocycles. The Morgan fingerprint density at radius 1 is 0.444 bits per heavy atom. The first kappa shape index (κ1) is 56.4. The van der Waals surface area contributed by atoms with Crippen LogP contribution in [-0.4, -0.2) is 98.4 Å². The zero-order valence-electron chi connectivity index (χ0n) is 37.9. The lowest BCUT2D eigenvalue weighted by Crippen LogP contribution is -2.46. The first-order valence-corrected chi connectivity index (χ1v) is 23.6. The van der Waals surface area contributed by atoms with Crippen LogP contribution in [-0.2, 0) is 43.2 Å². The summed E-state index contributed by atoms with van der Waals surface area (Å²) in [7, 11) is 0. The van der Waals surface area contributed by atoms with Gasteiger partial charge in [-0.3, -0.25) is 28.8 Å². The van der Waals surface area contributed by atoms with Gasteiger partial charge in [0.05, 0.1) is 0 Å². The van der Waals surface area contributed by atoms with Gasteiger partial charge in [0.2, 0.25) is 23.6 Å². The average molecular weight is 895 g/mol. The van der Waals surface area contributed by atoms with Gasteiger partial charge in [-0.05, 0) is 63.7 Å². The highest BCUT2D eigenvalue weighted by Crippen LogP contribution is 2.29. The van der Waals surface area contributed by atoms with Gasteiger partial charge in [-0.15, -0.1) is 0 Å². The average Bonchev–Trinajstić information content (AvgIpc) is 3.23. The lowest BCUT2D eigenvalue weighted by Gasteiger charge is -2.28. The molecule has 63 heavy (non-hydrogen) atoms. The van der Waals surface area contributed by atoms with Crippen molar-refractivity contribution >= 4 is 53.3 Å². The summed E-state index contributed by atoms with van der Waals surface area (Å²) in [5.41, 5.74) is 0. The molecular weight excluding hydrogens is 817 g/mol. The number of nitrogens with one attached hydrogen (secondary N) is 4. The number of carboxylic acid groups (broad SMARTS) is 4. The number of aliphatic carboxylic acids is 4. The molecule has 0 aromatic heterocycles. The summed E-state index contributed by atoms with van der Waals surface area (Å²) in [4.78, 5) is 108. The molecule has 0 heterocycles. The van der Waals surface area contributed by atoms with Gasteiger partial charge < -0.3 is 41.7 Å². The van der Waals surface area contributed by atoms with E-state index in [2.05, 4.69) is 21.3 Å². The van der Waals surface area contributed by atoms with Crippen LogP contribution in [0.4, 0.5) is 0 Å². The number of rotatable bonds is 38. The van der Waals surface area contributed by atoms with Crippen LogP contribution in [0.3, 0.4) is 0 Å². The molecule has 4 amide bonds. The van der Waals surface area contributed by atoms with Crippen LogP contribution in [0.15, 0.2) is 0 Å². The molecule has 1 fully saturated rings. The molecule has 0 aromatic rings. The quantitative estimate of drug-likeness (QED) is 0.0317. The van der Waals surface area contributed by atoms with Crippen molar-refractivity contribution in [1.82, 2.24) is 21.3 Å². The highest BCUT2D eigenvalue weighted by Gasteiger charge is 2.31. The Kier molecular flexibility index (Phi) is 30.4. The van der Waals surface area contributed by atoms with Crippen molar-refractivity contribution in [1.29, 1.82) is 0 Å². The molecule has 1 aliphatic rings. The van der Waals surface area contributed by atoms with Crippen LogP contribution in [0.5, 0.6) is 0 Å². The summed E-state index contributed by atoms with van der Waals surface area (Å²) in [5.74, 6) is -7.52. The summed E-state index contributed by atoms with van der Waals surface area (Å²) in [5, 5.41) is 47.4. The molecule has 17 nitrogen and oxygen atoms in total. The topological polar surface area (TPSA) is 283 Å². The number of carbonyl (C=O) groups excluding carboxylic acids is 5. The Bertz CT molecular complexity index is 1430. The molecule has 0 bridgehead atoms. The smallest absolute Gasteiger partial charge is 0.326 e. The molecule has 1 rings (SSSR count). The van der Waals surface area contributed by atoms with Crippen LogP contribution in [0.25, 0.3) is 0 Å². The number of hydrogen-bond acceptors (Lipinski definition) is 9. The first-order valence-electron chi connectivity index (χ1n) is 23.6. The number of carboxylic acids is 4. The zero-order chi connectivity index (χ0) is 47.0. The molecule has 17 heteroatoms. The van der Waals surface area contributed by atoms with E-state index in [1.165, 1.54) is 64.2 Å². The van der Waals surface area contributed by atoms with Gasteiger partial charge >= 0.3 is 23.9 Å². The van der Waals surface area contributed by atoms with Crippen LogP contribution in [0.1, 0.15) is 194 Å². The van der Waals surface area contributed by atoms with Crippen molar-refractivity contribution < 1.29 is 63.6 Å². The Labute approximate surface area is 373 Å². The molecular formula is C46H78N4O13. The van der Waals surface area contributed by atoms with E-state index in [9.17, 15) is 58.5 Å². The van der Waals surface area contributed by atoms with Gasteiger partial charge in [-0.2, -0.15) is 0 Å². The number of amides is 4. The van der Waals surface area contributed by atoms with E-state index >= 15 is 0 Å². The Morgan fingerprint density at radius 3 is 1.19 bits per heavy atom. The van der Waals surface area contributed by atoms with Gasteiger partial charge in [-0.1, -0.05) is 104 Å². The lowest BCUT2D eigenvalue weighted by atomic mass is 9.81. The van der Waals surface area contributed by atoms with Crippen LogP contribution < -0.4 is 21.3 Å². The second kappa shape index (κ2) is 33.9.